The number of fused-ring (bicyclic) bond motifs is 1. The van der Waals surface area contributed by atoms with Gasteiger partial charge in [0.2, 0.25) is 0 Å². The maximum atomic E-state index is 12.5. The van der Waals surface area contributed by atoms with E-state index in [9.17, 15) is 9.59 Å². The molecule has 0 saturated heterocycles. The zero-order chi connectivity index (χ0) is 16.6. The summed E-state index contributed by atoms with van der Waals surface area (Å²) < 4.78 is 6.50. The van der Waals surface area contributed by atoms with Crippen LogP contribution < -0.4 is 15.6 Å². The molecule has 3 aromatic rings. The molecule has 0 bridgehead atoms. The monoisotopic (exact) mass is 329 g/mol. The van der Waals surface area contributed by atoms with E-state index in [1.54, 1.807) is 45.3 Å². The van der Waals surface area contributed by atoms with Crippen LogP contribution in [0.2, 0.25) is 0 Å². The van der Waals surface area contributed by atoms with E-state index < -0.39 is 0 Å². The average molecular weight is 329 g/mol. The summed E-state index contributed by atoms with van der Waals surface area (Å²) in [6.45, 7) is 1.77. The molecule has 0 fully saturated rings. The fourth-order valence-corrected chi connectivity index (χ4v) is 3.32. The summed E-state index contributed by atoms with van der Waals surface area (Å²) in [5.74, 6) is 0.464. The van der Waals surface area contributed by atoms with E-state index in [1.165, 1.54) is 22.2 Å². The van der Waals surface area contributed by atoms with Crippen LogP contribution in [0.1, 0.15) is 15.2 Å². The Bertz CT molecular complexity index is 942. The third kappa shape index (κ3) is 2.70. The Morgan fingerprint density at radius 1 is 1.30 bits per heavy atom. The van der Waals surface area contributed by atoms with Crippen molar-refractivity contribution in [2.45, 2.75) is 6.92 Å². The van der Waals surface area contributed by atoms with Crippen LogP contribution in [0.4, 0.5) is 5.69 Å². The van der Waals surface area contributed by atoms with Gasteiger partial charge in [-0.15, -0.1) is 11.3 Å². The molecule has 0 saturated carbocycles. The number of aromatic nitrogens is 2. The van der Waals surface area contributed by atoms with E-state index in [0.29, 0.717) is 32.1 Å². The number of anilines is 1. The highest BCUT2D eigenvalue weighted by Gasteiger charge is 2.19. The van der Waals surface area contributed by atoms with Gasteiger partial charge in [-0.3, -0.25) is 9.59 Å². The highest BCUT2D eigenvalue weighted by molar-refractivity contribution is 7.20. The van der Waals surface area contributed by atoms with Crippen LogP contribution in [0.3, 0.4) is 0 Å². The molecule has 1 amide bonds. The first-order valence-electron chi connectivity index (χ1n) is 6.91. The van der Waals surface area contributed by atoms with Gasteiger partial charge in [0.1, 0.15) is 10.6 Å². The molecule has 6 nitrogen and oxygen atoms in total. The molecule has 0 unspecified atom stereocenters. The number of nitrogens with zero attached hydrogens (tertiary/aromatic N) is 2. The maximum Gasteiger partial charge on any atom is 0.266 e. The highest BCUT2D eigenvalue weighted by Crippen LogP contribution is 2.27. The van der Waals surface area contributed by atoms with Crippen molar-refractivity contribution in [3.63, 3.8) is 0 Å². The Hall–Kier alpha value is -2.67. The number of hydrogen-bond donors (Lipinski definition) is 1. The summed E-state index contributed by atoms with van der Waals surface area (Å²) >= 11 is 1.22. The Morgan fingerprint density at radius 3 is 2.65 bits per heavy atom. The van der Waals surface area contributed by atoms with Crippen LogP contribution in [-0.2, 0) is 7.05 Å². The summed E-state index contributed by atoms with van der Waals surface area (Å²) in [6, 6.07) is 7.06. The second kappa shape index (κ2) is 5.85. The van der Waals surface area contributed by atoms with Gasteiger partial charge in [0.25, 0.3) is 11.5 Å². The minimum absolute atomic E-state index is 0.146. The van der Waals surface area contributed by atoms with E-state index in [-0.39, 0.29) is 11.5 Å². The number of carbonyl (C=O) groups excluding carboxylic acids is 1. The van der Waals surface area contributed by atoms with Gasteiger partial charge < -0.3 is 14.6 Å². The largest absolute Gasteiger partial charge is 0.497 e. The highest BCUT2D eigenvalue weighted by atomic mass is 32.1. The van der Waals surface area contributed by atoms with Crippen molar-refractivity contribution < 1.29 is 9.53 Å². The van der Waals surface area contributed by atoms with Gasteiger partial charge >= 0.3 is 0 Å². The molecule has 0 spiro atoms. The van der Waals surface area contributed by atoms with Crippen molar-refractivity contribution in [2.24, 2.45) is 7.05 Å². The fraction of sp³-hybridized carbons (Fsp3) is 0.188. The number of ether oxygens (including phenoxy) is 1. The van der Waals surface area contributed by atoms with Gasteiger partial charge in [0.15, 0.2) is 0 Å². The number of hydrogen-bond acceptors (Lipinski definition) is 5. The molecule has 0 aliphatic rings. The molecule has 2 heterocycles. The molecular formula is C16H15N3O3S. The smallest absolute Gasteiger partial charge is 0.266 e. The first-order valence-corrected chi connectivity index (χ1v) is 7.73. The summed E-state index contributed by atoms with van der Waals surface area (Å²) in [5.41, 5.74) is 1.17. The summed E-state index contributed by atoms with van der Waals surface area (Å²) in [6.07, 6.45) is 1.46. The van der Waals surface area contributed by atoms with Crippen LogP contribution in [-0.4, -0.2) is 22.6 Å². The van der Waals surface area contributed by atoms with Gasteiger partial charge in [-0.05, 0) is 36.8 Å². The van der Waals surface area contributed by atoms with Gasteiger partial charge in [0.05, 0.1) is 23.7 Å². The van der Waals surface area contributed by atoms with Gasteiger partial charge in [-0.1, -0.05) is 0 Å². The minimum Gasteiger partial charge on any atom is -0.497 e. The lowest BCUT2D eigenvalue weighted by Crippen LogP contribution is -2.17. The number of aryl methyl sites for hydroxylation is 2. The molecule has 1 N–H and O–H groups in total. The molecule has 23 heavy (non-hydrogen) atoms. The van der Waals surface area contributed by atoms with Crippen molar-refractivity contribution in [1.82, 2.24) is 9.55 Å². The van der Waals surface area contributed by atoms with E-state index in [1.807, 2.05) is 0 Å². The Labute approximate surface area is 136 Å². The lowest BCUT2D eigenvalue weighted by molar-refractivity contribution is 0.103. The third-order valence-electron chi connectivity index (χ3n) is 3.56. The van der Waals surface area contributed by atoms with Crippen LogP contribution in [0.15, 0.2) is 35.4 Å². The molecule has 0 atom stereocenters. The predicted molar refractivity (Wildman–Crippen MR) is 90.5 cm³/mol. The topological polar surface area (TPSA) is 73.2 Å². The second-order valence-electron chi connectivity index (χ2n) is 5.08. The van der Waals surface area contributed by atoms with Gasteiger partial charge in [0, 0.05) is 12.7 Å². The molecule has 2 aromatic heterocycles. The van der Waals surface area contributed by atoms with Gasteiger partial charge in [-0.2, -0.15) is 0 Å². The Balaban J connectivity index is 1.96. The maximum absolute atomic E-state index is 12.5. The van der Waals surface area contributed by atoms with E-state index in [4.69, 9.17) is 4.74 Å². The summed E-state index contributed by atoms with van der Waals surface area (Å²) in [7, 11) is 3.23. The normalized spacial score (nSPS) is 10.7. The number of amides is 1. The molecule has 1 aromatic carbocycles. The standard InChI is InChI=1S/C16H15N3O3S/c1-9-12-15(17-8-19(2)16(12)21)23-13(9)14(20)18-10-4-6-11(22-3)7-5-10/h4-8H,1-3H3,(H,18,20). The Morgan fingerprint density at radius 2 is 2.00 bits per heavy atom. The van der Waals surface area contributed by atoms with Crippen LogP contribution in [0, 0.1) is 6.92 Å². The number of carbonyl (C=O) groups is 1. The van der Waals surface area contributed by atoms with Gasteiger partial charge in [-0.25, -0.2) is 4.98 Å². The number of benzene rings is 1. The minimum atomic E-state index is -0.252. The number of nitrogens with one attached hydrogen (secondary N) is 1. The molecular weight excluding hydrogens is 314 g/mol. The van der Waals surface area contributed by atoms with Crippen molar-refractivity contribution in [3.8, 4) is 5.75 Å². The molecule has 0 aliphatic carbocycles. The molecule has 118 valence electrons. The number of rotatable bonds is 3. The SMILES string of the molecule is COc1ccc(NC(=O)c2sc3ncn(C)c(=O)c3c2C)cc1. The number of thiophene rings is 1. The van der Waals surface area contributed by atoms with E-state index >= 15 is 0 Å². The summed E-state index contributed by atoms with van der Waals surface area (Å²) in [4.78, 5) is 30.0. The van der Waals surface area contributed by atoms with Crippen molar-refractivity contribution in [1.29, 1.82) is 0 Å². The van der Waals surface area contributed by atoms with Crippen molar-refractivity contribution in [2.75, 3.05) is 12.4 Å². The third-order valence-corrected chi connectivity index (χ3v) is 4.76. The summed E-state index contributed by atoms with van der Waals surface area (Å²) in [5, 5.41) is 3.32. The second-order valence-corrected chi connectivity index (χ2v) is 6.08. The van der Waals surface area contributed by atoms with Crippen LogP contribution >= 0.6 is 11.3 Å². The fourth-order valence-electron chi connectivity index (χ4n) is 2.29. The average Bonchev–Trinajstić information content (AvgIpc) is 2.89. The van der Waals surface area contributed by atoms with Crippen molar-refractivity contribution in [3.05, 3.63) is 51.4 Å². The molecule has 3 rings (SSSR count). The zero-order valence-electron chi connectivity index (χ0n) is 12.9. The predicted octanol–water partition coefficient (Wildman–Crippen LogP) is 2.56. The first kappa shape index (κ1) is 15.2. The number of methoxy groups -OCH3 is 1. The van der Waals surface area contributed by atoms with E-state index in [0.717, 1.165) is 0 Å². The zero-order valence-corrected chi connectivity index (χ0v) is 13.7. The van der Waals surface area contributed by atoms with Crippen LogP contribution in [0.5, 0.6) is 5.75 Å². The van der Waals surface area contributed by atoms with Crippen LogP contribution in [0.25, 0.3) is 10.2 Å². The lowest BCUT2D eigenvalue weighted by atomic mass is 10.2. The Kier molecular flexibility index (Phi) is 3.87. The van der Waals surface area contributed by atoms with E-state index in [2.05, 4.69) is 10.3 Å². The first-order chi connectivity index (χ1) is 11.0. The molecule has 7 heteroatoms. The molecule has 0 aliphatic heterocycles. The molecule has 0 radical (unpaired) electrons. The van der Waals surface area contributed by atoms with Crippen molar-refractivity contribution >= 4 is 33.1 Å². The lowest BCUT2D eigenvalue weighted by Gasteiger charge is -2.05. The quantitative estimate of drug-likeness (QED) is 0.801.